The van der Waals surface area contributed by atoms with Gasteiger partial charge in [-0.1, -0.05) is 6.92 Å². The number of nitriles is 1. The Morgan fingerprint density at radius 3 is 3.00 bits per heavy atom. The molecule has 0 saturated heterocycles. The van der Waals surface area contributed by atoms with E-state index >= 15 is 0 Å². The fraction of sp³-hybridized carbons (Fsp3) is 0.636. The topological polar surface area (TPSA) is 41.6 Å². The fourth-order valence-corrected chi connectivity index (χ4v) is 1.90. The SMILES string of the molecule is CCc1nccn1CC1(CC#N)CC1. The van der Waals surface area contributed by atoms with Crippen LogP contribution in [0.5, 0.6) is 0 Å². The van der Waals surface area contributed by atoms with E-state index in [1.165, 1.54) is 12.8 Å². The molecule has 0 amide bonds. The van der Waals surface area contributed by atoms with Crippen molar-refractivity contribution in [2.45, 2.75) is 39.2 Å². The van der Waals surface area contributed by atoms with Crippen molar-refractivity contribution in [2.24, 2.45) is 5.41 Å². The normalized spacial score (nSPS) is 17.7. The van der Waals surface area contributed by atoms with Crippen LogP contribution >= 0.6 is 0 Å². The highest BCUT2D eigenvalue weighted by Gasteiger charge is 2.42. The average molecular weight is 189 g/mol. The second-order valence-electron chi connectivity index (χ2n) is 4.16. The molecule has 0 aliphatic heterocycles. The summed E-state index contributed by atoms with van der Waals surface area (Å²) >= 11 is 0. The lowest BCUT2D eigenvalue weighted by Crippen LogP contribution is -2.12. The molecular weight excluding hydrogens is 174 g/mol. The summed E-state index contributed by atoms with van der Waals surface area (Å²) in [5, 5.41) is 8.72. The summed E-state index contributed by atoms with van der Waals surface area (Å²) in [6.07, 6.45) is 7.92. The van der Waals surface area contributed by atoms with E-state index in [2.05, 4.69) is 22.5 Å². The van der Waals surface area contributed by atoms with Crippen LogP contribution in [0.4, 0.5) is 0 Å². The van der Waals surface area contributed by atoms with Crippen molar-refractivity contribution in [2.75, 3.05) is 0 Å². The second kappa shape index (κ2) is 3.45. The van der Waals surface area contributed by atoms with E-state index in [-0.39, 0.29) is 5.41 Å². The molecule has 0 unspecified atom stereocenters. The predicted molar refractivity (Wildman–Crippen MR) is 53.5 cm³/mol. The Bertz CT molecular complexity index is 355. The zero-order valence-corrected chi connectivity index (χ0v) is 8.53. The Balaban J connectivity index is 2.08. The van der Waals surface area contributed by atoms with Crippen LogP contribution in [-0.2, 0) is 13.0 Å². The third-order valence-electron chi connectivity index (χ3n) is 3.03. The Kier molecular flexibility index (Phi) is 2.28. The number of hydrogen-bond acceptors (Lipinski definition) is 2. The van der Waals surface area contributed by atoms with Crippen molar-refractivity contribution in [3.8, 4) is 6.07 Å². The van der Waals surface area contributed by atoms with E-state index in [9.17, 15) is 0 Å². The van der Waals surface area contributed by atoms with Gasteiger partial charge in [-0.05, 0) is 12.8 Å². The standard InChI is InChI=1S/C11H15N3/c1-2-10-13-7-8-14(10)9-11(3-4-11)5-6-12/h7-8H,2-5,9H2,1H3. The van der Waals surface area contributed by atoms with Crippen LogP contribution in [0.25, 0.3) is 0 Å². The molecule has 0 aromatic carbocycles. The maximum absolute atomic E-state index is 8.72. The zero-order chi connectivity index (χ0) is 10.0. The third kappa shape index (κ3) is 1.65. The molecule has 1 aromatic heterocycles. The molecule has 1 heterocycles. The van der Waals surface area contributed by atoms with Crippen molar-refractivity contribution in [3.63, 3.8) is 0 Å². The summed E-state index contributed by atoms with van der Waals surface area (Å²) in [6.45, 7) is 3.09. The van der Waals surface area contributed by atoms with Gasteiger partial charge in [-0.25, -0.2) is 4.98 Å². The molecular formula is C11H15N3. The summed E-state index contributed by atoms with van der Waals surface area (Å²) in [4.78, 5) is 4.29. The minimum Gasteiger partial charge on any atom is -0.334 e. The minimum absolute atomic E-state index is 0.277. The molecule has 0 spiro atoms. The summed E-state index contributed by atoms with van der Waals surface area (Å²) < 4.78 is 2.20. The highest BCUT2D eigenvalue weighted by atomic mass is 15.1. The molecule has 3 nitrogen and oxygen atoms in total. The maximum Gasteiger partial charge on any atom is 0.108 e. The van der Waals surface area contributed by atoms with Crippen molar-refractivity contribution in [3.05, 3.63) is 18.2 Å². The molecule has 1 fully saturated rings. The Morgan fingerprint density at radius 2 is 2.43 bits per heavy atom. The van der Waals surface area contributed by atoms with Gasteiger partial charge in [0.25, 0.3) is 0 Å². The van der Waals surface area contributed by atoms with E-state index in [1.54, 1.807) is 0 Å². The smallest absolute Gasteiger partial charge is 0.108 e. The minimum atomic E-state index is 0.277. The van der Waals surface area contributed by atoms with Crippen molar-refractivity contribution >= 4 is 0 Å². The van der Waals surface area contributed by atoms with Crippen LogP contribution in [-0.4, -0.2) is 9.55 Å². The molecule has 0 atom stereocenters. The molecule has 2 rings (SSSR count). The molecule has 1 aromatic rings. The Morgan fingerprint density at radius 1 is 1.64 bits per heavy atom. The van der Waals surface area contributed by atoms with Crippen LogP contribution < -0.4 is 0 Å². The zero-order valence-electron chi connectivity index (χ0n) is 8.53. The summed E-state index contributed by atoms with van der Waals surface area (Å²) in [5.41, 5.74) is 0.277. The van der Waals surface area contributed by atoms with Gasteiger partial charge in [-0.3, -0.25) is 0 Å². The van der Waals surface area contributed by atoms with Crippen molar-refractivity contribution in [1.29, 1.82) is 5.26 Å². The lowest BCUT2D eigenvalue weighted by Gasteiger charge is -2.13. The second-order valence-corrected chi connectivity index (χ2v) is 4.16. The fourth-order valence-electron chi connectivity index (χ4n) is 1.90. The van der Waals surface area contributed by atoms with Crippen LogP contribution in [0.1, 0.15) is 32.0 Å². The lowest BCUT2D eigenvalue weighted by atomic mass is 10.0. The monoisotopic (exact) mass is 189 g/mol. The summed E-state index contributed by atoms with van der Waals surface area (Å²) in [7, 11) is 0. The number of rotatable bonds is 4. The van der Waals surface area contributed by atoms with E-state index in [0.717, 1.165) is 18.8 Å². The molecule has 1 aliphatic rings. The molecule has 14 heavy (non-hydrogen) atoms. The van der Waals surface area contributed by atoms with E-state index in [1.807, 2.05) is 12.4 Å². The molecule has 74 valence electrons. The Labute approximate surface area is 84.4 Å². The van der Waals surface area contributed by atoms with Crippen molar-refractivity contribution in [1.82, 2.24) is 9.55 Å². The van der Waals surface area contributed by atoms with Gasteiger partial charge in [-0.15, -0.1) is 0 Å². The molecule has 1 saturated carbocycles. The highest BCUT2D eigenvalue weighted by Crippen LogP contribution is 2.50. The van der Waals surface area contributed by atoms with Gasteiger partial charge >= 0.3 is 0 Å². The molecule has 0 N–H and O–H groups in total. The third-order valence-corrected chi connectivity index (χ3v) is 3.03. The van der Waals surface area contributed by atoms with Gasteiger partial charge < -0.3 is 4.57 Å². The first kappa shape index (κ1) is 9.26. The van der Waals surface area contributed by atoms with Gasteiger partial charge in [-0.2, -0.15) is 5.26 Å². The first-order chi connectivity index (χ1) is 6.79. The predicted octanol–water partition coefficient (Wildman–Crippen LogP) is 2.14. The first-order valence-electron chi connectivity index (χ1n) is 5.17. The van der Waals surface area contributed by atoms with Crippen LogP contribution in [0.15, 0.2) is 12.4 Å². The molecule has 0 bridgehead atoms. The van der Waals surface area contributed by atoms with E-state index < -0.39 is 0 Å². The van der Waals surface area contributed by atoms with Gasteiger partial charge in [0.15, 0.2) is 0 Å². The van der Waals surface area contributed by atoms with Crippen LogP contribution in [0.3, 0.4) is 0 Å². The molecule has 1 aliphatic carbocycles. The molecule has 0 radical (unpaired) electrons. The Hall–Kier alpha value is -1.30. The number of aryl methyl sites for hydroxylation is 1. The van der Waals surface area contributed by atoms with Gasteiger partial charge in [0.1, 0.15) is 5.82 Å². The van der Waals surface area contributed by atoms with Gasteiger partial charge in [0, 0.05) is 37.2 Å². The van der Waals surface area contributed by atoms with Gasteiger partial charge in [0.05, 0.1) is 6.07 Å². The summed E-state index contributed by atoms with van der Waals surface area (Å²) in [5.74, 6) is 1.13. The van der Waals surface area contributed by atoms with Crippen LogP contribution in [0, 0.1) is 16.7 Å². The van der Waals surface area contributed by atoms with E-state index in [4.69, 9.17) is 5.26 Å². The number of hydrogen-bond donors (Lipinski definition) is 0. The van der Waals surface area contributed by atoms with Crippen LogP contribution in [0.2, 0.25) is 0 Å². The number of aromatic nitrogens is 2. The number of imidazole rings is 1. The molecule has 3 heteroatoms. The number of nitrogens with zero attached hydrogens (tertiary/aromatic N) is 3. The summed E-state index contributed by atoms with van der Waals surface area (Å²) in [6, 6.07) is 2.29. The highest BCUT2D eigenvalue weighted by molar-refractivity contribution is 5.02. The van der Waals surface area contributed by atoms with Crippen molar-refractivity contribution < 1.29 is 0 Å². The first-order valence-corrected chi connectivity index (χ1v) is 5.17. The largest absolute Gasteiger partial charge is 0.334 e. The lowest BCUT2D eigenvalue weighted by molar-refractivity contribution is 0.423. The van der Waals surface area contributed by atoms with Gasteiger partial charge in [0.2, 0.25) is 0 Å². The van der Waals surface area contributed by atoms with E-state index in [0.29, 0.717) is 6.42 Å². The maximum atomic E-state index is 8.72. The average Bonchev–Trinajstić information content (AvgIpc) is 2.79. The quantitative estimate of drug-likeness (QED) is 0.728.